The van der Waals surface area contributed by atoms with E-state index in [1.165, 1.54) is 13.2 Å². The van der Waals surface area contributed by atoms with E-state index in [4.69, 9.17) is 4.98 Å². The molecule has 0 radical (unpaired) electrons. The Morgan fingerprint density at radius 3 is 2.77 bits per heavy atom. The molecule has 5 nitrogen and oxygen atoms in total. The number of aromatic nitrogens is 2. The lowest BCUT2D eigenvalue weighted by atomic mass is 10.1. The van der Waals surface area contributed by atoms with E-state index in [9.17, 15) is 9.18 Å². The Labute approximate surface area is 149 Å². The third-order valence-corrected chi connectivity index (χ3v) is 4.41. The van der Waals surface area contributed by atoms with Gasteiger partial charge in [-0.1, -0.05) is 18.2 Å². The van der Waals surface area contributed by atoms with Crippen LogP contribution in [0.4, 0.5) is 14.9 Å². The van der Waals surface area contributed by atoms with Crippen LogP contribution >= 0.6 is 0 Å². The number of fused-ring (bicyclic) bond motifs is 3. The molecule has 2 heterocycles. The number of amides is 1. The first kappa shape index (κ1) is 16.1. The highest BCUT2D eigenvalue weighted by Gasteiger charge is 2.15. The predicted molar refractivity (Wildman–Crippen MR) is 98.9 cm³/mol. The van der Waals surface area contributed by atoms with Gasteiger partial charge in [0.15, 0.2) is 0 Å². The fourth-order valence-electron chi connectivity index (χ4n) is 3.09. The Morgan fingerprint density at radius 1 is 1.19 bits per heavy atom. The Balaban J connectivity index is 1.94. The van der Waals surface area contributed by atoms with E-state index in [2.05, 4.69) is 10.1 Å². The van der Waals surface area contributed by atoms with Crippen molar-refractivity contribution < 1.29 is 13.9 Å². The molecule has 0 spiro atoms. The zero-order valence-corrected chi connectivity index (χ0v) is 14.3. The summed E-state index contributed by atoms with van der Waals surface area (Å²) in [5.41, 5.74) is 3.21. The number of benzene rings is 2. The number of methoxy groups -OCH3 is 1. The summed E-state index contributed by atoms with van der Waals surface area (Å²) >= 11 is 0. The smallest absolute Gasteiger partial charge is 0.411 e. The highest BCUT2D eigenvalue weighted by atomic mass is 19.1. The minimum Gasteiger partial charge on any atom is -0.453 e. The van der Waals surface area contributed by atoms with Crippen LogP contribution in [0.2, 0.25) is 0 Å². The molecule has 0 unspecified atom stereocenters. The van der Waals surface area contributed by atoms with Gasteiger partial charge < -0.3 is 9.14 Å². The van der Waals surface area contributed by atoms with Crippen molar-refractivity contribution in [3.63, 3.8) is 0 Å². The van der Waals surface area contributed by atoms with Crippen LogP contribution in [0.5, 0.6) is 0 Å². The number of aryl methyl sites for hydroxylation is 1. The van der Waals surface area contributed by atoms with Crippen LogP contribution in [0.15, 0.2) is 54.7 Å². The Kier molecular flexibility index (Phi) is 3.80. The maximum Gasteiger partial charge on any atom is 0.411 e. The first-order valence-electron chi connectivity index (χ1n) is 8.10. The normalized spacial score (nSPS) is 11.0. The van der Waals surface area contributed by atoms with E-state index >= 15 is 0 Å². The Hall–Kier alpha value is -3.41. The zero-order valence-electron chi connectivity index (χ0n) is 14.3. The summed E-state index contributed by atoms with van der Waals surface area (Å²) in [6.45, 7) is 1.91. The van der Waals surface area contributed by atoms with Crippen molar-refractivity contribution in [2.24, 2.45) is 0 Å². The molecule has 6 heteroatoms. The second-order valence-corrected chi connectivity index (χ2v) is 5.95. The summed E-state index contributed by atoms with van der Waals surface area (Å²) in [4.78, 5) is 16.2. The van der Waals surface area contributed by atoms with E-state index in [0.29, 0.717) is 22.6 Å². The fraction of sp³-hybridized carbons (Fsp3) is 0.100. The number of anilines is 1. The summed E-state index contributed by atoms with van der Waals surface area (Å²) in [6.07, 6.45) is 1.38. The van der Waals surface area contributed by atoms with Gasteiger partial charge in [-0.15, -0.1) is 0 Å². The molecule has 0 aliphatic heterocycles. The van der Waals surface area contributed by atoms with E-state index in [1.54, 1.807) is 24.3 Å². The molecule has 0 saturated heterocycles. The van der Waals surface area contributed by atoms with E-state index in [0.717, 1.165) is 16.5 Å². The van der Waals surface area contributed by atoms with Crippen molar-refractivity contribution in [2.45, 2.75) is 6.92 Å². The molecule has 2 aromatic carbocycles. The number of imidazole rings is 1. The third-order valence-electron chi connectivity index (χ3n) is 4.41. The van der Waals surface area contributed by atoms with Gasteiger partial charge in [-0.25, -0.2) is 14.2 Å². The first-order valence-corrected chi connectivity index (χ1v) is 8.10. The molecule has 0 aliphatic rings. The molecule has 0 fully saturated rings. The molecule has 0 atom stereocenters. The standard InChI is InChI=1S/C20H16FN3O2/c1-12-18(15-5-3-4-6-17(15)21)23-19-16-11-14(22-20(25)26-2)8-7-13(16)9-10-24(12)19/h3-11H,1-2H3,(H,22,25). The van der Waals surface area contributed by atoms with Crippen LogP contribution in [0, 0.1) is 12.7 Å². The van der Waals surface area contributed by atoms with Crippen LogP contribution in [-0.4, -0.2) is 22.6 Å². The number of carbonyl (C=O) groups excluding carboxylic acids is 1. The number of carbonyl (C=O) groups is 1. The van der Waals surface area contributed by atoms with Gasteiger partial charge in [0.1, 0.15) is 11.5 Å². The third kappa shape index (κ3) is 2.56. The maximum absolute atomic E-state index is 14.2. The largest absolute Gasteiger partial charge is 0.453 e. The number of rotatable bonds is 2. The molecule has 26 heavy (non-hydrogen) atoms. The van der Waals surface area contributed by atoms with E-state index < -0.39 is 6.09 Å². The van der Waals surface area contributed by atoms with Gasteiger partial charge in [0.25, 0.3) is 0 Å². The minimum absolute atomic E-state index is 0.309. The Bertz CT molecular complexity index is 1150. The van der Waals surface area contributed by atoms with Gasteiger partial charge >= 0.3 is 6.09 Å². The average molecular weight is 349 g/mol. The highest BCUT2D eigenvalue weighted by molar-refractivity contribution is 5.99. The van der Waals surface area contributed by atoms with Gasteiger partial charge in [-0.05, 0) is 42.6 Å². The molecule has 1 N–H and O–H groups in total. The number of hydrogen-bond acceptors (Lipinski definition) is 3. The van der Waals surface area contributed by atoms with Crippen LogP contribution < -0.4 is 5.32 Å². The maximum atomic E-state index is 14.2. The molecule has 0 bridgehead atoms. The molecule has 4 aromatic rings. The number of nitrogens with one attached hydrogen (secondary N) is 1. The summed E-state index contributed by atoms with van der Waals surface area (Å²) in [7, 11) is 1.31. The zero-order chi connectivity index (χ0) is 18.3. The van der Waals surface area contributed by atoms with Gasteiger partial charge in [0, 0.05) is 28.5 Å². The van der Waals surface area contributed by atoms with Crippen LogP contribution in [-0.2, 0) is 4.74 Å². The molecule has 0 aliphatic carbocycles. The van der Waals surface area contributed by atoms with Crippen LogP contribution in [0.25, 0.3) is 27.7 Å². The fourth-order valence-corrected chi connectivity index (χ4v) is 3.09. The van der Waals surface area contributed by atoms with Gasteiger partial charge in [-0.2, -0.15) is 0 Å². The number of ether oxygens (including phenoxy) is 1. The molecular formula is C20H16FN3O2. The Morgan fingerprint density at radius 2 is 2.00 bits per heavy atom. The van der Waals surface area contributed by atoms with Crippen molar-refractivity contribution in [1.29, 1.82) is 0 Å². The summed E-state index contributed by atoms with van der Waals surface area (Å²) < 4.78 is 20.8. The van der Waals surface area contributed by atoms with Crippen molar-refractivity contribution in [2.75, 3.05) is 12.4 Å². The SMILES string of the molecule is COC(=O)Nc1ccc2ccn3c(C)c(-c4ccccc4F)nc3c2c1. The second-order valence-electron chi connectivity index (χ2n) is 5.95. The van der Waals surface area contributed by atoms with E-state index in [1.807, 2.05) is 35.7 Å². The van der Waals surface area contributed by atoms with E-state index in [-0.39, 0.29) is 5.82 Å². The molecule has 130 valence electrons. The number of nitrogens with zero attached hydrogens (tertiary/aromatic N) is 2. The predicted octanol–water partition coefficient (Wildman–Crippen LogP) is 4.78. The van der Waals surface area contributed by atoms with Crippen molar-refractivity contribution >= 4 is 28.2 Å². The summed E-state index contributed by atoms with van der Waals surface area (Å²) in [5.74, 6) is -0.309. The van der Waals surface area contributed by atoms with Crippen molar-refractivity contribution in [1.82, 2.24) is 9.38 Å². The number of halogens is 1. The molecule has 4 rings (SSSR count). The lowest BCUT2D eigenvalue weighted by Crippen LogP contribution is -2.10. The van der Waals surface area contributed by atoms with Crippen LogP contribution in [0.3, 0.4) is 0 Å². The molecule has 2 aromatic heterocycles. The summed E-state index contributed by atoms with van der Waals surface area (Å²) in [6, 6.07) is 14.1. The second kappa shape index (κ2) is 6.15. The first-order chi connectivity index (χ1) is 12.6. The molecule has 0 saturated carbocycles. The lowest BCUT2D eigenvalue weighted by Gasteiger charge is -2.06. The highest BCUT2D eigenvalue weighted by Crippen LogP contribution is 2.30. The van der Waals surface area contributed by atoms with Crippen molar-refractivity contribution in [3.8, 4) is 11.3 Å². The minimum atomic E-state index is -0.539. The van der Waals surface area contributed by atoms with Gasteiger partial charge in [0.05, 0.1) is 12.8 Å². The quantitative estimate of drug-likeness (QED) is 0.566. The lowest BCUT2D eigenvalue weighted by molar-refractivity contribution is 0.187. The van der Waals surface area contributed by atoms with Crippen molar-refractivity contribution in [3.05, 3.63) is 66.2 Å². The van der Waals surface area contributed by atoms with Gasteiger partial charge in [-0.3, -0.25) is 5.32 Å². The van der Waals surface area contributed by atoms with Crippen LogP contribution in [0.1, 0.15) is 5.69 Å². The molecule has 1 amide bonds. The summed E-state index contributed by atoms with van der Waals surface area (Å²) in [5, 5.41) is 4.48. The number of pyridine rings is 1. The monoisotopic (exact) mass is 349 g/mol. The molecular weight excluding hydrogens is 333 g/mol. The topological polar surface area (TPSA) is 55.6 Å². The van der Waals surface area contributed by atoms with Gasteiger partial charge in [0.2, 0.25) is 0 Å². The average Bonchev–Trinajstić information content (AvgIpc) is 2.99. The number of hydrogen-bond donors (Lipinski definition) is 1.